The summed E-state index contributed by atoms with van der Waals surface area (Å²) in [5.41, 5.74) is 5.83. The van der Waals surface area contributed by atoms with E-state index in [0.29, 0.717) is 114 Å². The van der Waals surface area contributed by atoms with Gasteiger partial charge in [0.25, 0.3) is 0 Å². The number of benzene rings is 3. The van der Waals surface area contributed by atoms with Crippen LogP contribution in [0.5, 0.6) is 11.5 Å². The average molecular weight is 1830 g/mol. The van der Waals surface area contributed by atoms with Crippen molar-refractivity contribution in [3.63, 3.8) is 0 Å². The number of nitrogens with one attached hydrogen (secondary N) is 4. The molecule has 0 radical (unpaired) electrons. The van der Waals surface area contributed by atoms with E-state index in [0.717, 1.165) is 115 Å². The monoisotopic (exact) mass is 1820 g/mol. The molecular formula is C96H117ClN28O8. The molecule has 696 valence electrons. The Hall–Kier alpha value is -13.5. The summed E-state index contributed by atoms with van der Waals surface area (Å²) >= 11 is 6.14. The molecule has 0 spiro atoms. The summed E-state index contributed by atoms with van der Waals surface area (Å²) in [4.78, 5) is 133. The van der Waals surface area contributed by atoms with Crippen molar-refractivity contribution in [3.05, 3.63) is 199 Å². The van der Waals surface area contributed by atoms with E-state index < -0.39 is 0 Å². The van der Waals surface area contributed by atoms with Gasteiger partial charge in [-0.15, -0.1) is 0 Å². The molecule has 8 aromatic heterocycles. The second kappa shape index (κ2) is 36.9. The predicted octanol–water partition coefficient (Wildman–Crippen LogP) is 15.4. The van der Waals surface area contributed by atoms with Crippen molar-refractivity contribution in [1.29, 1.82) is 0 Å². The number of amides is 8. The molecule has 9 fully saturated rings. The van der Waals surface area contributed by atoms with Crippen LogP contribution in [0.4, 0.5) is 66.2 Å². The topological polar surface area (TPSA) is 361 Å². The lowest BCUT2D eigenvalue weighted by molar-refractivity contribution is 0.0600. The molecule has 37 heteroatoms. The highest BCUT2D eigenvalue weighted by Crippen LogP contribution is 2.52. The maximum Gasteiger partial charge on any atom is 0.337 e. The minimum absolute atomic E-state index is 0.00208. The van der Waals surface area contributed by atoms with Crippen molar-refractivity contribution >= 4 is 88.8 Å². The van der Waals surface area contributed by atoms with Gasteiger partial charge in [0.05, 0.1) is 113 Å². The number of aromatic nitrogens is 16. The molecular weight excluding hydrogens is 1710 g/mol. The molecule has 5 aliphatic carbocycles. The molecule has 11 aromatic rings. The van der Waals surface area contributed by atoms with Crippen LogP contribution >= 0.6 is 11.6 Å². The SMILES string of the molecule is CC(C)[C@H]1CN(C)C(=O)N1c1ccnc(NC2(c3cn(-c4ccc5c(c4)OCO5)cn3)CC2)n1.CC(C)[C@H]1CN(C)C(=O)N1c1ccnc(NC2(c3cn(CC4CCCC4)cn3)CC2)n1.CCN1C[C@H](C(C)C)N(c2ccnc(NC3(c4cn(-c5cccc(Cl)c5)cn4)CC3)n2)C1=O.COC(=O)c1cccc(-n2cnc(C3(Nc4nccc(N5C(=O)N(C)C[C@@H]5C(C)C)n4)CC3)c2)c1. The quantitative estimate of drug-likeness (QED) is 0.0347. The standard InChI is InChI=1S/C25H29N7O3.C24H28ClN7O.C24H27N7O3.C23H33N7O/c1-16(2)19-13-30(3)24(34)32(19)21-8-11-26-23(28-21)29-25(9-10-25)20-14-31(15-27-20)18-7-5-6-17(12-18)22(33)35-4;1-4-30-13-19(16(2)3)32(23(30)33)21-8-11-26-22(28-21)29-24(9-10-24)20-14-31(15-27-20)18-7-5-6-17(25)12-18;1-15(2)17-11-29(3)23(32)31(17)21-6-9-25-22(27-21)28-24(7-8-24)20-12-30(13-26-20)16-4-5-18-19(10-16)34-14-33-18;1-16(2)18-13-28(3)22(31)30(18)20-8-11-24-21(26-20)27-23(9-10-23)19-14-29(15-25-19)12-17-6-4-5-7-17/h5-8,11-12,14-16,19H,9-10,13H2,1-4H3,(H,26,28,29);5-8,11-12,14-16,19H,4,9-10,13H2,1-3H3,(H,26,28,29);4-6,9-10,12-13,15,17H,7-8,11,14H2,1-3H3,(H,25,27,28);8,11,14-18H,4-7,9-10,12-13H2,1-3H3,(H,24,26,27)/t2*19-;17-;18-/m1111/s1. The van der Waals surface area contributed by atoms with Gasteiger partial charge >= 0.3 is 30.1 Å². The van der Waals surface area contributed by atoms with Crippen LogP contribution in [0.25, 0.3) is 17.1 Å². The number of halogens is 1. The van der Waals surface area contributed by atoms with Crippen LogP contribution in [0.3, 0.4) is 0 Å². The first-order valence-electron chi connectivity index (χ1n) is 46.3. The summed E-state index contributed by atoms with van der Waals surface area (Å²) in [7, 11) is 6.85. The number of esters is 1. The van der Waals surface area contributed by atoms with Gasteiger partial charge in [-0.05, 0) is 174 Å². The summed E-state index contributed by atoms with van der Waals surface area (Å²) in [6.45, 7) is 23.8. The normalized spacial score (nSPS) is 20.4. The summed E-state index contributed by atoms with van der Waals surface area (Å²) in [6.07, 6.45) is 35.3. The second-order valence-corrected chi connectivity index (χ2v) is 38.4. The third kappa shape index (κ3) is 18.8. The van der Waals surface area contributed by atoms with Crippen LogP contribution in [-0.2, 0) is 33.4 Å². The largest absolute Gasteiger partial charge is 0.465 e. The van der Waals surface area contributed by atoms with E-state index in [9.17, 15) is 24.0 Å². The molecule has 10 aliphatic rings. The number of likely N-dealkylation sites (N-methyl/N-ethyl adjacent to an activating group) is 4. The summed E-state index contributed by atoms with van der Waals surface area (Å²) in [5, 5.41) is 14.7. The molecule has 133 heavy (non-hydrogen) atoms. The lowest BCUT2D eigenvalue weighted by atomic mass is 10.0. The maximum atomic E-state index is 13.0. The molecule has 13 heterocycles. The first kappa shape index (κ1) is 90.0. The number of methoxy groups -OCH3 is 1. The van der Waals surface area contributed by atoms with Gasteiger partial charge in [0.1, 0.15) is 23.3 Å². The lowest BCUT2D eigenvalue weighted by Crippen LogP contribution is -2.38. The smallest absolute Gasteiger partial charge is 0.337 e. The van der Waals surface area contributed by atoms with Gasteiger partial charge in [-0.3, -0.25) is 19.6 Å². The van der Waals surface area contributed by atoms with E-state index in [4.69, 9.17) is 50.7 Å². The fraction of sp³-hybridized carbons (Fsp3) is 0.469. The van der Waals surface area contributed by atoms with E-state index in [1.165, 1.54) is 32.8 Å². The van der Waals surface area contributed by atoms with Crippen molar-refractivity contribution in [3.8, 4) is 28.6 Å². The number of anilines is 8. The third-order valence-electron chi connectivity index (χ3n) is 27.2. The Kier molecular flexibility index (Phi) is 25.0. The number of carbonyl (C=O) groups is 5. The van der Waals surface area contributed by atoms with Gasteiger partial charge in [-0.1, -0.05) is 92.0 Å². The highest BCUT2D eigenvalue weighted by molar-refractivity contribution is 6.30. The molecule has 4 N–H and O–H groups in total. The lowest BCUT2D eigenvalue weighted by Gasteiger charge is -2.25. The molecule has 4 atom stereocenters. The van der Waals surface area contributed by atoms with Crippen molar-refractivity contribution in [2.45, 2.75) is 192 Å². The first-order chi connectivity index (χ1) is 64.1. The Morgan fingerprint density at radius 1 is 0.444 bits per heavy atom. The minimum Gasteiger partial charge on any atom is -0.465 e. The van der Waals surface area contributed by atoms with Gasteiger partial charge in [0, 0.05) is 132 Å². The fourth-order valence-corrected chi connectivity index (χ4v) is 18.8. The highest BCUT2D eigenvalue weighted by atomic mass is 35.5. The number of hydrogen-bond donors (Lipinski definition) is 4. The molecule has 5 saturated carbocycles. The van der Waals surface area contributed by atoms with Crippen LogP contribution in [0.15, 0.2) is 166 Å². The van der Waals surface area contributed by atoms with Gasteiger partial charge in [-0.2, -0.15) is 19.9 Å². The van der Waals surface area contributed by atoms with E-state index in [1.807, 2.05) is 148 Å². The van der Waals surface area contributed by atoms with Crippen molar-refractivity contribution < 1.29 is 38.2 Å². The van der Waals surface area contributed by atoms with E-state index >= 15 is 0 Å². The first-order valence-corrected chi connectivity index (χ1v) is 46.6. The zero-order chi connectivity index (χ0) is 92.9. The molecule has 4 saturated heterocycles. The Balaban J connectivity index is 0.000000119. The Bertz CT molecular complexity index is 6090. The summed E-state index contributed by atoms with van der Waals surface area (Å²) in [5.74, 6) is 7.71. The van der Waals surface area contributed by atoms with Crippen molar-refractivity contribution in [2.24, 2.45) is 29.6 Å². The summed E-state index contributed by atoms with van der Waals surface area (Å²) in [6, 6.07) is 28.2. The number of rotatable bonds is 27. The van der Waals surface area contributed by atoms with Crippen LogP contribution in [0.2, 0.25) is 5.02 Å². The number of urea groups is 4. The molecule has 8 amide bonds. The number of nitrogens with zero attached hydrogens (tertiary/aromatic N) is 24. The molecule has 21 rings (SSSR count). The number of imidazole rings is 4. The zero-order valence-corrected chi connectivity index (χ0v) is 78.4. The molecule has 0 unspecified atom stereocenters. The maximum absolute atomic E-state index is 13.0. The zero-order valence-electron chi connectivity index (χ0n) is 77.6. The van der Waals surface area contributed by atoms with E-state index in [-0.39, 0.29) is 83.2 Å². The number of carbonyl (C=O) groups excluding carboxylic acids is 5. The molecule has 5 aliphatic heterocycles. The van der Waals surface area contributed by atoms with Crippen LogP contribution in [0.1, 0.15) is 172 Å². The third-order valence-corrected chi connectivity index (χ3v) is 27.5. The molecule has 36 nitrogen and oxygen atoms in total. The van der Waals surface area contributed by atoms with Crippen molar-refractivity contribution in [1.82, 2.24) is 97.7 Å². The Morgan fingerprint density at radius 3 is 1.20 bits per heavy atom. The molecule has 0 bridgehead atoms. The highest BCUT2D eigenvalue weighted by Gasteiger charge is 2.52. The molecule has 3 aromatic carbocycles. The van der Waals surface area contributed by atoms with Gasteiger partial charge in [-0.25, -0.2) is 63.8 Å². The number of fused-ring (bicyclic) bond motifs is 1. The van der Waals surface area contributed by atoms with Crippen LogP contribution < -0.4 is 50.3 Å². The van der Waals surface area contributed by atoms with Gasteiger partial charge in [0.2, 0.25) is 30.6 Å². The number of ether oxygens (including phenoxy) is 3. The van der Waals surface area contributed by atoms with Crippen LogP contribution in [0, 0.1) is 29.6 Å². The van der Waals surface area contributed by atoms with Gasteiger partial charge in [0.15, 0.2) is 11.5 Å². The van der Waals surface area contributed by atoms with E-state index in [2.05, 4.69) is 122 Å². The predicted molar refractivity (Wildman–Crippen MR) is 505 cm³/mol. The summed E-state index contributed by atoms with van der Waals surface area (Å²) < 4.78 is 23.8. The second-order valence-electron chi connectivity index (χ2n) is 38.0. The fourth-order valence-electron chi connectivity index (χ4n) is 18.6. The number of hydrogen-bond acceptors (Lipinski definition) is 24. The van der Waals surface area contributed by atoms with Crippen LogP contribution in [-0.4, -0.2) is 220 Å². The minimum atomic E-state index is -0.382. The van der Waals surface area contributed by atoms with E-state index in [1.54, 1.807) is 92.5 Å². The van der Waals surface area contributed by atoms with Gasteiger partial charge < -0.3 is 73.3 Å². The Labute approximate surface area is 778 Å². The average Bonchev–Trinajstić information content (AvgIpc) is 1.61. The van der Waals surface area contributed by atoms with Crippen molar-refractivity contribution in [2.75, 3.05) is 109 Å². The Morgan fingerprint density at radius 2 is 0.812 bits per heavy atom.